The fraction of sp³-hybridized carbons (Fsp3) is 0.350. The highest BCUT2D eigenvalue weighted by atomic mass is 16.2. The van der Waals surface area contributed by atoms with Crippen molar-refractivity contribution < 1.29 is 4.79 Å². The molecular weight excluding hydrogens is 326 g/mol. The Labute approximate surface area is 153 Å². The first kappa shape index (κ1) is 16.6. The number of anilines is 1. The largest absolute Gasteiger partial charge is 0.350 e. The smallest absolute Gasteiger partial charge is 0.225 e. The Morgan fingerprint density at radius 3 is 2.54 bits per heavy atom. The lowest BCUT2D eigenvalue weighted by molar-refractivity contribution is -0.131. The Hall–Kier alpha value is -2.89. The van der Waals surface area contributed by atoms with E-state index in [1.165, 1.54) is 16.5 Å². The lowest BCUT2D eigenvalue weighted by atomic mass is 10.1. The zero-order valence-corrected chi connectivity index (χ0v) is 15.0. The van der Waals surface area contributed by atoms with Crippen LogP contribution in [-0.2, 0) is 18.3 Å². The van der Waals surface area contributed by atoms with E-state index in [9.17, 15) is 4.79 Å². The normalized spacial score (nSPS) is 14.8. The van der Waals surface area contributed by atoms with Gasteiger partial charge in [-0.05, 0) is 24.1 Å². The van der Waals surface area contributed by atoms with Crippen LogP contribution in [0.2, 0.25) is 0 Å². The number of hydrogen-bond donors (Lipinski definition) is 0. The molecular formula is C20H23N5O. The van der Waals surface area contributed by atoms with Crippen molar-refractivity contribution in [3.63, 3.8) is 0 Å². The van der Waals surface area contributed by atoms with Gasteiger partial charge in [-0.15, -0.1) is 0 Å². The van der Waals surface area contributed by atoms with Gasteiger partial charge in [0.25, 0.3) is 0 Å². The summed E-state index contributed by atoms with van der Waals surface area (Å²) < 4.78 is 2.13. The molecule has 0 unspecified atom stereocenters. The molecule has 1 saturated heterocycles. The van der Waals surface area contributed by atoms with Crippen LogP contribution in [0.15, 0.2) is 48.9 Å². The van der Waals surface area contributed by atoms with Gasteiger partial charge in [0.2, 0.25) is 11.9 Å². The number of benzene rings is 1. The summed E-state index contributed by atoms with van der Waals surface area (Å²) in [6, 6.07) is 10.2. The van der Waals surface area contributed by atoms with Crippen LogP contribution < -0.4 is 4.90 Å². The minimum atomic E-state index is 0.228. The van der Waals surface area contributed by atoms with Gasteiger partial charge in [-0.2, -0.15) is 0 Å². The van der Waals surface area contributed by atoms with E-state index in [-0.39, 0.29) is 5.91 Å². The maximum Gasteiger partial charge on any atom is 0.225 e. The Morgan fingerprint density at radius 1 is 1.04 bits per heavy atom. The van der Waals surface area contributed by atoms with Crippen LogP contribution in [0.1, 0.15) is 12.0 Å². The van der Waals surface area contributed by atoms with E-state index >= 15 is 0 Å². The second-order valence-electron chi connectivity index (χ2n) is 6.70. The zero-order chi connectivity index (χ0) is 17.9. The standard InChI is InChI=1S/C20H23N5O/c1-23-15-16(17-5-2-3-6-18(17)23)7-8-19(26)24-11-13-25(14-12-24)20-21-9-4-10-22-20/h2-6,9-10,15H,7-8,11-14H2,1H3. The number of hydrogen-bond acceptors (Lipinski definition) is 4. The monoisotopic (exact) mass is 349 g/mol. The van der Waals surface area contributed by atoms with Crippen LogP contribution in [0.4, 0.5) is 5.95 Å². The molecule has 0 atom stereocenters. The molecule has 0 aliphatic carbocycles. The molecule has 6 heteroatoms. The quantitative estimate of drug-likeness (QED) is 0.725. The van der Waals surface area contributed by atoms with Crippen molar-refractivity contribution in [1.82, 2.24) is 19.4 Å². The number of nitrogens with zero attached hydrogens (tertiary/aromatic N) is 5. The van der Waals surface area contributed by atoms with Crippen molar-refractivity contribution in [3.8, 4) is 0 Å². The number of aryl methyl sites for hydroxylation is 2. The van der Waals surface area contributed by atoms with Crippen LogP contribution in [0.5, 0.6) is 0 Å². The van der Waals surface area contributed by atoms with Gasteiger partial charge in [-0.25, -0.2) is 9.97 Å². The van der Waals surface area contributed by atoms with E-state index in [0.29, 0.717) is 6.42 Å². The summed E-state index contributed by atoms with van der Waals surface area (Å²) in [6.45, 7) is 3.02. The van der Waals surface area contributed by atoms with Gasteiger partial charge in [0, 0.05) is 69.1 Å². The first-order valence-corrected chi connectivity index (χ1v) is 9.05. The lowest BCUT2D eigenvalue weighted by Crippen LogP contribution is -2.49. The van der Waals surface area contributed by atoms with Crippen molar-refractivity contribution in [2.45, 2.75) is 12.8 Å². The van der Waals surface area contributed by atoms with Gasteiger partial charge >= 0.3 is 0 Å². The minimum Gasteiger partial charge on any atom is -0.350 e. The highest BCUT2D eigenvalue weighted by molar-refractivity contribution is 5.85. The summed E-state index contributed by atoms with van der Waals surface area (Å²) in [6.07, 6.45) is 6.98. The average Bonchev–Trinajstić information content (AvgIpc) is 3.03. The number of carbonyl (C=O) groups is 1. The molecule has 6 nitrogen and oxygen atoms in total. The number of piperazine rings is 1. The predicted molar refractivity (Wildman–Crippen MR) is 102 cm³/mol. The van der Waals surface area contributed by atoms with Crippen LogP contribution >= 0.6 is 0 Å². The fourth-order valence-corrected chi connectivity index (χ4v) is 3.63. The molecule has 1 aliphatic heterocycles. The topological polar surface area (TPSA) is 54.3 Å². The number of para-hydroxylation sites is 1. The molecule has 134 valence electrons. The Bertz CT molecular complexity index is 897. The summed E-state index contributed by atoms with van der Waals surface area (Å²) in [5.41, 5.74) is 2.46. The van der Waals surface area contributed by atoms with E-state index in [1.54, 1.807) is 12.4 Å². The Morgan fingerprint density at radius 2 is 1.77 bits per heavy atom. The van der Waals surface area contributed by atoms with Crippen molar-refractivity contribution in [1.29, 1.82) is 0 Å². The summed E-state index contributed by atoms with van der Waals surface area (Å²) in [5, 5.41) is 1.24. The lowest BCUT2D eigenvalue weighted by Gasteiger charge is -2.34. The van der Waals surface area contributed by atoms with Gasteiger partial charge in [0.15, 0.2) is 0 Å². The summed E-state index contributed by atoms with van der Waals surface area (Å²) in [4.78, 5) is 25.3. The molecule has 0 saturated carbocycles. The van der Waals surface area contributed by atoms with E-state index in [4.69, 9.17) is 0 Å². The van der Waals surface area contributed by atoms with Gasteiger partial charge in [-0.3, -0.25) is 4.79 Å². The third-order valence-corrected chi connectivity index (χ3v) is 5.06. The van der Waals surface area contributed by atoms with Gasteiger partial charge < -0.3 is 14.4 Å². The van der Waals surface area contributed by atoms with Crippen molar-refractivity contribution in [3.05, 3.63) is 54.5 Å². The van der Waals surface area contributed by atoms with Crippen LogP contribution in [0, 0.1) is 0 Å². The molecule has 0 N–H and O–H groups in total. The van der Waals surface area contributed by atoms with Crippen LogP contribution in [0.25, 0.3) is 10.9 Å². The highest BCUT2D eigenvalue weighted by Crippen LogP contribution is 2.22. The molecule has 0 spiro atoms. The number of amides is 1. The summed E-state index contributed by atoms with van der Waals surface area (Å²) >= 11 is 0. The van der Waals surface area contributed by atoms with Crippen molar-refractivity contribution in [2.75, 3.05) is 31.1 Å². The molecule has 1 fully saturated rings. The van der Waals surface area contributed by atoms with E-state index in [0.717, 1.165) is 38.5 Å². The van der Waals surface area contributed by atoms with Crippen molar-refractivity contribution >= 4 is 22.8 Å². The molecule has 2 aromatic heterocycles. The van der Waals surface area contributed by atoms with E-state index < -0.39 is 0 Å². The highest BCUT2D eigenvalue weighted by Gasteiger charge is 2.22. The average molecular weight is 349 g/mol. The number of carbonyl (C=O) groups excluding carboxylic acids is 1. The van der Waals surface area contributed by atoms with Crippen LogP contribution in [0.3, 0.4) is 0 Å². The molecule has 0 bridgehead atoms. The zero-order valence-electron chi connectivity index (χ0n) is 15.0. The first-order chi connectivity index (χ1) is 12.7. The molecule has 3 heterocycles. The maximum atomic E-state index is 12.6. The third-order valence-electron chi connectivity index (χ3n) is 5.06. The van der Waals surface area contributed by atoms with E-state index in [2.05, 4.69) is 50.9 Å². The molecule has 1 aliphatic rings. The second kappa shape index (κ2) is 7.15. The third kappa shape index (κ3) is 3.27. The Kier molecular flexibility index (Phi) is 4.56. The van der Waals surface area contributed by atoms with E-state index in [1.807, 2.05) is 17.0 Å². The summed E-state index contributed by atoms with van der Waals surface area (Å²) in [5.74, 6) is 0.974. The van der Waals surface area contributed by atoms with Gasteiger partial charge in [0.1, 0.15) is 0 Å². The molecule has 26 heavy (non-hydrogen) atoms. The molecule has 0 radical (unpaired) electrons. The minimum absolute atomic E-state index is 0.228. The molecule has 3 aromatic rings. The number of fused-ring (bicyclic) bond motifs is 1. The van der Waals surface area contributed by atoms with Crippen LogP contribution in [-0.4, -0.2) is 51.5 Å². The number of rotatable bonds is 4. The Balaban J connectivity index is 1.34. The number of aromatic nitrogens is 3. The first-order valence-electron chi connectivity index (χ1n) is 9.05. The second-order valence-corrected chi connectivity index (χ2v) is 6.70. The summed E-state index contributed by atoms with van der Waals surface area (Å²) in [7, 11) is 2.05. The predicted octanol–water partition coefficient (Wildman–Crippen LogP) is 2.25. The van der Waals surface area contributed by atoms with Gasteiger partial charge in [-0.1, -0.05) is 18.2 Å². The molecule has 1 aromatic carbocycles. The van der Waals surface area contributed by atoms with Crippen molar-refractivity contribution in [2.24, 2.45) is 7.05 Å². The fourth-order valence-electron chi connectivity index (χ4n) is 3.63. The molecule has 1 amide bonds. The molecule has 4 rings (SSSR count). The maximum absolute atomic E-state index is 12.6. The van der Waals surface area contributed by atoms with Gasteiger partial charge in [0.05, 0.1) is 0 Å². The SMILES string of the molecule is Cn1cc(CCC(=O)N2CCN(c3ncccn3)CC2)c2ccccc21.